The van der Waals surface area contributed by atoms with Gasteiger partial charge < -0.3 is 4.74 Å². The topological polar surface area (TPSA) is 24.8 Å². The van der Waals surface area contributed by atoms with Gasteiger partial charge >= 0.3 is 0 Å². The predicted molar refractivity (Wildman–Crippen MR) is 121 cm³/mol. The van der Waals surface area contributed by atoms with Crippen LogP contribution in [0, 0.1) is 0 Å². The third-order valence-corrected chi connectivity index (χ3v) is 6.48. The first kappa shape index (κ1) is 19.3. The maximum atomic E-state index is 6.51. The Balaban J connectivity index is 1.62. The van der Waals surface area contributed by atoms with Crippen LogP contribution >= 0.6 is 50.7 Å². The lowest BCUT2D eigenvalue weighted by Crippen LogP contribution is -2.33. The van der Waals surface area contributed by atoms with Crippen LogP contribution in [0.5, 0.6) is 5.75 Å². The SMILES string of the molecule is Clc1ccc([C@H]2Oc3ccc(Cl)cc3[C@@H]3CC(c4ccc(Br)cc4)=NN23)c(Cl)c1. The number of hydrazone groups is 1. The predicted octanol–water partition coefficient (Wildman–Crippen LogP) is 7.65. The van der Waals surface area contributed by atoms with E-state index in [-0.39, 0.29) is 6.04 Å². The third-order valence-electron chi connectivity index (χ3n) is 5.16. The molecule has 0 aromatic heterocycles. The number of fused-ring (bicyclic) bond motifs is 3. The van der Waals surface area contributed by atoms with E-state index in [0.29, 0.717) is 15.1 Å². The average Bonchev–Trinajstić information content (AvgIpc) is 3.14. The molecule has 0 bridgehead atoms. The first-order valence-electron chi connectivity index (χ1n) is 9.02. The van der Waals surface area contributed by atoms with Gasteiger partial charge in [0.05, 0.1) is 16.8 Å². The summed E-state index contributed by atoms with van der Waals surface area (Å²) >= 11 is 22.4. The summed E-state index contributed by atoms with van der Waals surface area (Å²) in [6, 6.07) is 19.3. The van der Waals surface area contributed by atoms with Crippen LogP contribution in [0.4, 0.5) is 0 Å². The molecule has 0 radical (unpaired) electrons. The zero-order valence-corrected chi connectivity index (χ0v) is 18.8. The Bertz CT molecular complexity index is 1130. The van der Waals surface area contributed by atoms with Gasteiger partial charge in [-0.3, -0.25) is 0 Å². The number of ether oxygens (including phenoxy) is 1. The first-order chi connectivity index (χ1) is 14.0. The van der Waals surface area contributed by atoms with E-state index in [1.165, 1.54) is 0 Å². The fourth-order valence-electron chi connectivity index (χ4n) is 3.78. The molecule has 29 heavy (non-hydrogen) atoms. The number of benzene rings is 3. The lowest BCUT2D eigenvalue weighted by atomic mass is 9.96. The Morgan fingerprint density at radius 2 is 1.62 bits per heavy atom. The molecule has 5 rings (SSSR count). The van der Waals surface area contributed by atoms with Gasteiger partial charge in [-0.25, -0.2) is 5.01 Å². The maximum absolute atomic E-state index is 6.51. The molecule has 7 heteroatoms. The van der Waals surface area contributed by atoms with Gasteiger partial charge in [-0.15, -0.1) is 0 Å². The van der Waals surface area contributed by atoms with Gasteiger partial charge in [-0.1, -0.05) is 68.9 Å². The lowest BCUT2D eigenvalue weighted by molar-refractivity contribution is -0.0189. The second-order valence-corrected chi connectivity index (χ2v) is 9.17. The van der Waals surface area contributed by atoms with Crippen molar-refractivity contribution in [3.63, 3.8) is 0 Å². The summed E-state index contributed by atoms with van der Waals surface area (Å²) in [6.07, 6.45) is 0.298. The van der Waals surface area contributed by atoms with Crippen LogP contribution in [0.1, 0.15) is 35.4 Å². The number of halogens is 4. The second-order valence-electron chi connectivity index (χ2n) is 6.97. The summed E-state index contributed by atoms with van der Waals surface area (Å²) in [6.45, 7) is 0. The molecule has 0 saturated heterocycles. The molecular weight excluding hydrogens is 495 g/mol. The summed E-state index contributed by atoms with van der Waals surface area (Å²) in [5, 5.41) is 8.72. The molecule has 2 atom stereocenters. The first-order valence-corrected chi connectivity index (χ1v) is 10.9. The zero-order valence-electron chi connectivity index (χ0n) is 14.9. The van der Waals surface area contributed by atoms with Crippen LogP contribution in [-0.4, -0.2) is 10.7 Å². The molecule has 0 spiro atoms. The zero-order chi connectivity index (χ0) is 20.1. The molecule has 0 aliphatic carbocycles. The molecule has 2 aliphatic rings. The smallest absolute Gasteiger partial charge is 0.215 e. The van der Waals surface area contributed by atoms with Gasteiger partial charge in [-0.2, -0.15) is 5.10 Å². The van der Waals surface area contributed by atoms with E-state index in [9.17, 15) is 0 Å². The van der Waals surface area contributed by atoms with E-state index in [4.69, 9.17) is 44.6 Å². The molecule has 146 valence electrons. The fourth-order valence-corrected chi connectivity index (χ4v) is 4.73. The van der Waals surface area contributed by atoms with Crippen LogP contribution in [0.3, 0.4) is 0 Å². The van der Waals surface area contributed by atoms with Crippen molar-refractivity contribution < 1.29 is 4.74 Å². The number of rotatable bonds is 2. The van der Waals surface area contributed by atoms with Gasteiger partial charge in [0.1, 0.15) is 5.75 Å². The fraction of sp³-hybridized carbons (Fsp3) is 0.136. The van der Waals surface area contributed by atoms with Gasteiger partial charge in [0.15, 0.2) is 0 Å². The maximum Gasteiger partial charge on any atom is 0.215 e. The molecule has 3 aromatic carbocycles. The van der Waals surface area contributed by atoms with Crippen molar-refractivity contribution in [2.75, 3.05) is 0 Å². The van der Waals surface area contributed by atoms with Gasteiger partial charge in [0.25, 0.3) is 0 Å². The van der Waals surface area contributed by atoms with Gasteiger partial charge in [0.2, 0.25) is 6.23 Å². The Labute approximate surface area is 192 Å². The molecule has 0 fully saturated rings. The summed E-state index contributed by atoms with van der Waals surface area (Å²) in [5.41, 5.74) is 3.92. The standard InChI is InChI=1S/C22H14BrCl3N2O/c23-13-3-1-12(2-4-13)19-11-20-17-9-14(24)6-8-21(17)29-22(28(20)27-19)16-7-5-15(25)10-18(16)26/h1-10,20,22H,11H2/t20-,22+/m0/s1. The number of nitrogens with zero attached hydrogens (tertiary/aromatic N) is 2. The summed E-state index contributed by atoms with van der Waals surface area (Å²) in [4.78, 5) is 0. The van der Waals surface area contributed by atoms with Gasteiger partial charge in [-0.05, 0) is 48.0 Å². The molecule has 3 nitrogen and oxygen atoms in total. The van der Waals surface area contributed by atoms with Crippen molar-refractivity contribution in [1.82, 2.24) is 5.01 Å². The minimum Gasteiger partial charge on any atom is -0.464 e. The molecule has 0 unspecified atom stereocenters. The largest absolute Gasteiger partial charge is 0.464 e. The van der Waals surface area contributed by atoms with Crippen molar-refractivity contribution in [2.45, 2.75) is 18.7 Å². The Morgan fingerprint density at radius 3 is 2.38 bits per heavy atom. The second kappa shape index (κ2) is 7.51. The average molecular weight is 509 g/mol. The van der Waals surface area contributed by atoms with E-state index in [0.717, 1.165) is 39.0 Å². The Kier molecular flexibility index (Phi) is 4.99. The van der Waals surface area contributed by atoms with Crippen LogP contribution < -0.4 is 4.74 Å². The highest BCUT2D eigenvalue weighted by Gasteiger charge is 2.41. The highest BCUT2D eigenvalue weighted by Crippen LogP contribution is 2.49. The highest BCUT2D eigenvalue weighted by molar-refractivity contribution is 9.10. The lowest BCUT2D eigenvalue weighted by Gasteiger charge is -2.38. The van der Waals surface area contributed by atoms with E-state index < -0.39 is 6.23 Å². The normalized spacial score (nSPS) is 20.0. The van der Waals surface area contributed by atoms with Crippen molar-refractivity contribution in [3.05, 3.63) is 96.9 Å². The summed E-state index contributed by atoms with van der Waals surface area (Å²) in [5.74, 6) is 0.791. The number of hydrogen-bond donors (Lipinski definition) is 0. The van der Waals surface area contributed by atoms with E-state index in [1.807, 2.05) is 47.5 Å². The molecule has 0 saturated carbocycles. The van der Waals surface area contributed by atoms with Crippen LogP contribution in [0.2, 0.25) is 15.1 Å². The third kappa shape index (κ3) is 3.53. The van der Waals surface area contributed by atoms with Crippen molar-refractivity contribution in [1.29, 1.82) is 0 Å². The molecule has 3 aromatic rings. The monoisotopic (exact) mass is 506 g/mol. The minimum absolute atomic E-state index is 0.00726. The van der Waals surface area contributed by atoms with Crippen LogP contribution in [0.15, 0.2) is 70.2 Å². The summed E-state index contributed by atoms with van der Waals surface area (Å²) in [7, 11) is 0. The summed E-state index contributed by atoms with van der Waals surface area (Å²) < 4.78 is 7.37. The van der Waals surface area contributed by atoms with Crippen LogP contribution in [-0.2, 0) is 0 Å². The van der Waals surface area contributed by atoms with Crippen LogP contribution in [0.25, 0.3) is 0 Å². The van der Waals surface area contributed by atoms with E-state index in [1.54, 1.807) is 6.07 Å². The molecule has 2 aliphatic heterocycles. The molecular formula is C22H14BrCl3N2O. The minimum atomic E-state index is -0.452. The van der Waals surface area contributed by atoms with Crippen molar-refractivity contribution in [2.24, 2.45) is 5.10 Å². The highest BCUT2D eigenvalue weighted by atomic mass is 79.9. The van der Waals surface area contributed by atoms with Gasteiger partial charge in [0, 0.05) is 32.1 Å². The van der Waals surface area contributed by atoms with Crippen molar-refractivity contribution >= 4 is 56.4 Å². The Hall–Kier alpha value is -1.72. The molecule has 0 amide bonds. The van der Waals surface area contributed by atoms with E-state index in [2.05, 4.69) is 28.1 Å². The Morgan fingerprint density at radius 1 is 0.897 bits per heavy atom. The van der Waals surface area contributed by atoms with E-state index >= 15 is 0 Å². The number of hydrogen-bond acceptors (Lipinski definition) is 3. The molecule has 2 heterocycles. The van der Waals surface area contributed by atoms with Crippen molar-refractivity contribution in [3.8, 4) is 5.75 Å². The molecule has 0 N–H and O–H groups in total. The quantitative estimate of drug-likeness (QED) is 0.355.